The second-order valence-corrected chi connectivity index (χ2v) is 5.41. The highest BCUT2D eigenvalue weighted by Gasteiger charge is 2.22. The van der Waals surface area contributed by atoms with Gasteiger partial charge in [0.05, 0.1) is 0 Å². The molecule has 1 heterocycles. The molecule has 1 amide bonds. The van der Waals surface area contributed by atoms with E-state index in [2.05, 4.69) is 10.2 Å². The van der Waals surface area contributed by atoms with Crippen LogP contribution in [0.5, 0.6) is 5.88 Å². The Morgan fingerprint density at radius 3 is 2.65 bits per heavy atom. The van der Waals surface area contributed by atoms with Crippen molar-refractivity contribution in [3.05, 3.63) is 17.8 Å². The van der Waals surface area contributed by atoms with E-state index < -0.39 is 0 Å². The molecule has 2 N–H and O–H groups in total. The zero-order valence-corrected chi connectivity index (χ0v) is 12.1. The van der Waals surface area contributed by atoms with Crippen molar-refractivity contribution in [1.29, 1.82) is 0 Å². The van der Waals surface area contributed by atoms with Gasteiger partial charge in [0, 0.05) is 26.2 Å². The van der Waals surface area contributed by atoms with E-state index in [1.54, 1.807) is 26.2 Å². The molecule has 110 valence electrons. The zero-order chi connectivity index (χ0) is 14.5. The summed E-state index contributed by atoms with van der Waals surface area (Å²) in [5.74, 6) is 0.262. The van der Waals surface area contributed by atoms with Crippen LogP contribution in [0.1, 0.15) is 42.6 Å². The highest BCUT2D eigenvalue weighted by molar-refractivity contribution is 5.91. The maximum Gasteiger partial charge on any atom is 0.273 e. The Bertz CT molecular complexity index is 447. The Hall–Kier alpha value is -1.69. The van der Waals surface area contributed by atoms with Gasteiger partial charge in [-0.2, -0.15) is 0 Å². The molecule has 2 unspecified atom stereocenters. The number of amides is 1. The number of rotatable bonds is 3. The van der Waals surface area contributed by atoms with Crippen LogP contribution in [0.2, 0.25) is 0 Å². The van der Waals surface area contributed by atoms with E-state index in [4.69, 9.17) is 10.5 Å². The second kappa shape index (κ2) is 6.65. The Morgan fingerprint density at radius 1 is 1.25 bits per heavy atom. The minimum Gasteiger partial charge on any atom is -0.472 e. The number of ether oxygens (including phenoxy) is 1. The van der Waals surface area contributed by atoms with Gasteiger partial charge in [0.25, 0.3) is 5.91 Å². The quantitative estimate of drug-likeness (QED) is 0.841. The van der Waals surface area contributed by atoms with Crippen molar-refractivity contribution in [1.82, 2.24) is 15.1 Å². The first-order valence-corrected chi connectivity index (χ1v) is 7.05. The average Bonchev–Trinajstić information content (AvgIpc) is 2.64. The predicted molar refractivity (Wildman–Crippen MR) is 75.5 cm³/mol. The van der Waals surface area contributed by atoms with Crippen LogP contribution in [0.25, 0.3) is 0 Å². The molecule has 0 aliphatic heterocycles. The van der Waals surface area contributed by atoms with Crippen molar-refractivity contribution in [2.45, 2.75) is 44.2 Å². The molecule has 0 bridgehead atoms. The molecule has 6 heteroatoms. The monoisotopic (exact) mass is 278 g/mol. The number of nitrogens with zero attached hydrogens (tertiary/aromatic N) is 3. The van der Waals surface area contributed by atoms with Gasteiger partial charge in [0.2, 0.25) is 5.88 Å². The summed E-state index contributed by atoms with van der Waals surface area (Å²) in [5.41, 5.74) is 6.42. The number of aromatic nitrogens is 2. The third kappa shape index (κ3) is 3.66. The van der Waals surface area contributed by atoms with Gasteiger partial charge in [0.15, 0.2) is 5.69 Å². The van der Waals surface area contributed by atoms with Crippen molar-refractivity contribution in [3.63, 3.8) is 0 Å². The van der Waals surface area contributed by atoms with Crippen LogP contribution in [-0.4, -0.2) is 47.2 Å². The van der Waals surface area contributed by atoms with E-state index in [0.29, 0.717) is 11.6 Å². The van der Waals surface area contributed by atoms with E-state index in [9.17, 15) is 4.79 Å². The van der Waals surface area contributed by atoms with E-state index in [-0.39, 0.29) is 18.1 Å². The van der Waals surface area contributed by atoms with Crippen LogP contribution in [0.3, 0.4) is 0 Å². The first-order chi connectivity index (χ1) is 9.58. The van der Waals surface area contributed by atoms with Crippen molar-refractivity contribution in [3.8, 4) is 5.88 Å². The topological polar surface area (TPSA) is 81.3 Å². The Kier molecular flexibility index (Phi) is 4.89. The molecule has 0 radical (unpaired) electrons. The molecule has 2 atom stereocenters. The third-order valence-corrected chi connectivity index (χ3v) is 3.54. The van der Waals surface area contributed by atoms with Crippen LogP contribution >= 0.6 is 0 Å². The van der Waals surface area contributed by atoms with Gasteiger partial charge in [0.1, 0.15) is 6.10 Å². The summed E-state index contributed by atoms with van der Waals surface area (Å²) < 4.78 is 5.82. The minimum atomic E-state index is -0.171. The Labute approximate surface area is 119 Å². The summed E-state index contributed by atoms with van der Waals surface area (Å²) in [4.78, 5) is 13.2. The molecule has 1 fully saturated rings. The molecule has 1 saturated carbocycles. The summed E-state index contributed by atoms with van der Waals surface area (Å²) in [6.07, 6.45) is 5.40. The van der Waals surface area contributed by atoms with Gasteiger partial charge in [-0.3, -0.25) is 4.79 Å². The Morgan fingerprint density at radius 2 is 2.00 bits per heavy atom. The molecule has 0 spiro atoms. The number of hydrogen-bond donors (Lipinski definition) is 1. The summed E-state index contributed by atoms with van der Waals surface area (Å²) in [6, 6.07) is 3.36. The smallest absolute Gasteiger partial charge is 0.273 e. The normalized spacial score (nSPS) is 22.9. The third-order valence-electron chi connectivity index (χ3n) is 3.54. The summed E-state index contributed by atoms with van der Waals surface area (Å²) >= 11 is 0. The highest BCUT2D eigenvalue weighted by atomic mass is 16.5. The fourth-order valence-electron chi connectivity index (χ4n) is 2.33. The van der Waals surface area contributed by atoms with Crippen LogP contribution in [0.15, 0.2) is 12.1 Å². The van der Waals surface area contributed by atoms with E-state index in [1.165, 1.54) is 11.3 Å². The molecular formula is C14H22N4O2. The maximum atomic E-state index is 11.7. The zero-order valence-electron chi connectivity index (χ0n) is 12.1. The van der Waals surface area contributed by atoms with Crippen molar-refractivity contribution in [2.75, 3.05) is 14.1 Å². The molecular weight excluding hydrogens is 256 g/mol. The molecule has 0 aromatic carbocycles. The van der Waals surface area contributed by atoms with E-state index in [0.717, 1.165) is 25.7 Å². The molecule has 0 saturated heterocycles. The molecule has 6 nitrogen and oxygen atoms in total. The SMILES string of the molecule is CN(C)C(=O)c1ccc(OC2CCCCCC2N)nn1. The minimum absolute atomic E-state index is 0.0119. The standard InChI is InChI=1S/C14H22N4O2/c1-18(2)14(19)11-8-9-13(17-16-11)20-12-7-5-3-4-6-10(12)15/h8-10,12H,3-7,15H2,1-2H3. The first kappa shape index (κ1) is 14.7. The molecule has 1 aromatic rings. The lowest BCUT2D eigenvalue weighted by atomic mass is 10.1. The van der Waals surface area contributed by atoms with Gasteiger partial charge in [-0.25, -0.2) is 0 Å². The number of carbonyl (C=O) groups excluding carboxylic acids is 1. The lowest BCUT2D eigenvalue weighted by molar-refractivity contribution is 0.0820. The summed E-state index contributed by atoms with van der Waals surface area (Å²) in [7, 11) is 3.36. The fraction of sp³-hybridized carbons (Fsp3) is 0.643. The van der Waals surface area contributed by atoms with Crippen LogP contribution in [0, 0.1) is 0 Å². The fourth-order valence-corrected chi connectivity index (χ4v) is 2.33. The second-order valence-electron chi connectivity index (χ2n) is 5.41. The highest BCUT2D eigenvalue weighted by Crippen LogP contribution is 2.21. The van der Waals surface area contributed by atoms with Crippen molar-refractivity contribution in [2.24, 2.45) is 5.73 Å². The first-order valence-electron chi connectivity index (χ1n) is 7.05. The lowest BCUT2D eigenvalue weighted by Crippen LogP contribution is -2.38. The van der Waals surface area contributed by atoms with Gasteiger partial charge >= 0.3 is 0 Å². The Balaban J connectivity index is 2.01. The van der Waals surface area contributed by atoms with Gasteiger partial charge < -0.3 is 15.4 Å². The van der Waals surface area contributed by atoms with Crippen LogP contribution in [-0.2, 0) is 0 Å². The number of hydrogen-bond acceptors (Lipinski definition) is 5. The van der Waals surface area contributed by atoms with E-state index >= 15 is 0 Å². The molecule has 1 aliphatic carbocycles. The summed E-state index contributed by atoms with van der Waals surface area (Å²) in [5, 5.41) is 7.87. The lowest BCUT2D eigenvalue weighted by Gasteiger charge is -2.21. The number of nitrogens with two attached hydrogens (primary N) is 1. The van der Waals surface area contributed by atoms with Crippen molar-refractivity contribution >= 4 is 5.91 Å². The van der Waals surface area contributed by atoms with Gasteiger partial charge in [-0.05, 0) is 25.3 Å². The molecule has 2 rings (SSSR count). The molecule has 20 heavy (non-hydrogen) atoms. The van der Waals surface area contributed by atoms with Gasteiger partial charge in [-0.1, -0.05) is 12.8 Å². The number of carbonyl (C=O) groups is 1. The maximum absolute atomic E-state index is 11.7. The average molecular weight is 278 g/mol. The molecule has 1 aromatic heterocycles. The van der Waals surface area contributed by atoms with Crippen LogP contribution in [0.4, 0.5) is 0 Å². The van der Waals surface area contributed by atoms with Crippen molar-refractivity contribution < 1.29 is 9.53 Å². The van der Waals surface area contributed by atoms with Crippen LogP contribution < -0.4 is 10.5 Å². The van der Waals surface area contributed by atoms with Gasteiger partial charge in [-0.15, -0.1) is 10.2 Å². The van der Waals surface area contributed by atoms with E-state index in [1.807, 2.05) is 0 Å². The summed E-state index contributed by atoms with van der Waals surface area (Å²) in [6.45, 7) is 0. The predicted octanol–water partition coefficient (Wildman–Crippen LogP) is 1.22. The molecule has 1 aliphatic rings. The largest absolute Gasteiger partial charge is 0.472 e.